The highest BCUT2D eigenvalue weighted by Gasteiger charge is 2.22. The van der Waals surface area contributed by atoms with E-state index < -0.39 is 23.8 Å². The number of carbonyl (C=O) groups is 1. The van der Waals surface area contributed by atoms with E-state index in [1.165, 1.54) is 47.4 Å². The summed E-state index contributed by atoms with van der Waals surface area (Å²) in [5, 5.41) is 10.5. The fraction of sp³-hybridized carbons (Fsp3) is 0.0870. The first-order valence-electron chi connectivity index (χ1n) is 10.3. The SMILES string of the molecule is O=C(Nc1ncn(Cc2cccc(F)c2)n1)c1cnn2c(C(F)F)cc(-c3ccc(F)cc3)nc12. The smallest absolute Gasteiger partial charge is 0.280 e. The van der Waals surface area contributed by atoms with Crippen molar-refractivity contribution in [3.63, 3.8) is 0 Å². The summed E-state index contributed by atoms with van der Waals surface area (Å²) in [5.41, 5.74) is 0.482. The van der Waals surface area contributed by atoms with E-state index in [9.17, 15) is 22.4 Å². The van der Waals surface area contributed by atoms with E-state index >= 15 is 0 Å². The van der Waals surface area contributed by atoms with Crippen LogP contribution in [0.15, 0.2) is 67.1 Å². The highest BCUT2D eigenvalue weighted by molar-refractivity contribution is 6.07. The van der Waals surface area contributed by atoms with Crippen molar-refractivity contribution < 1.29 is 22.4 Å². The molecule has 8 nitrogen and oxygen atoms in total. The van der Waals surface area contributed by atoms with Crippen LogP contribution in [0.1, 0.15) is 28.0 Å². The van der Waals surface area contributed by atoms with E-state index in [1.807, 2.05) is 0 Å². The van der Waals surface area contributed by atoms with Crippen molar-refractivity contribution in [1.29, 1.82) is 0 Å². The largest absolute Gasteiger partial charge is 0.289 e. The van der Waals surface area contributed by atoms with Gasteiger partial charge in [-0.1, -0.05) is 12.1 Å². The van der Waals surface area contributed by atoms with Gasteiger partial charge in [0.25, 0.3) is 12.3 Å². The first-order chi connectivity index (χ1) is 16.9. The highest BCUT2D eigenvalue weighted by Crippen LogP contribution is 2.27. The number of nitrogens with zero attached hydrogens (tertiary/aromatic N) is 6. The molecule has 0 spiro atoms. The second-order valence-electron chi connectivity index (χ2n) is 7.52. The van der Waals surface area contributed by atoms with Gasteiger partial charge in [-0.25, -0.2) is 36.7 Å². The minimum Gasteiger partial charge on any atom is -0.289 e. The lowest BCUT2D eigenvalue weighted by atomic mass is 10.1. The maximum Gasteiger partial charge on any atom is 0.280 e. The molecule has 176 valence electrons. The standard InChI is InChI=1S/C23H15F4N7O/c24-15-6-4-14(5-7-15)18-9-19(20(26)27)34-21(30-18)17(10-29-34)22(35)31-23-28-12-33(32-23)11-13-2-1-3-16(25)8-13/h1-10,12,20H,11H2,(H,31,32,35). The molecule has 0 aliphatic rings. The summed E-state index contributed by atoms with van der Waals surface area (Å²) in [4.78, 5) is 21.2. The fourth-order valence-electron chi connectivity index (χ4n) is 3.49. The van der Waals surface area contributed by atoms with Crippen molar-refractivity contribution in [3.05, 3.63) is 95.6 Å². The number of anilines is 1. The zero-order valence-corrected chi connectivity index (χ0v) is 17.7. The van der Waals surface area contributed by atoms with Gasteiger partial charge >= 0.3 is 0 Å². The average Bonchev–Trinajstić information content (AvgIpc) is 3.45. The van der Waals surface area contributed by atoms with Gasteiger partial charge in [0.1, 0.15) is 29.2 Å². The Bertz CT molecular complexity index is 1530. The number of fused-ring (bicyclic) bond motifs is 1. The molecule has 0 radical (unpaired) electrons. The van der Waals surface area contributed by atoms with Gasteiger partial charge in [0.05, 0.1) is 18.4 Å². The van der Waals surface area contributed by atoms with Gasteiger partial charge in [-0.15, -0.1) is 5.10 Å². The van der Waals surface area contributed by atoms with Gasteiger partial charge in [-0.3, -0.25) is 10.1 Å². The van der Waals surface area contributed by atoms with Crippen molar-refractivity contribution in [1.82, 2.24) is 29.4 Å². The molecule has 3 aromatic heterocycles. The number of rotatable bonds is 6. The Morgan fingerprint density at radius 1 is 1.03 bits per heavy atom. The molecule has 12 heteroatoms. The lowest BCUT2D eigenvalue weighted by molar-refractivity contribution is 0.102. The number of alkyl halides is 2. The molecule has 0 saturated carbocycles. The number of halogens is 4. The third-order valence-corrected chi connectivity index (χ3v) is 5.10. The normalized spacial score (nSPS) is 11.3. The van der Waals surface area contributed by atoms with Gasteiger partial charge in [0, 0.05) is 5.56 Å². The van der Waals surface area contributed by atoms with Crippen molar-refractivity contribution in [3.8, 4) is 11.3 Å². The van der Waals surface area contributed by atoms with Crippen LogP contribution in [0.2, 0.25) is 0 Å². The number of benzene rings is 2. The third kappa shape index (κ3) is 4.58. The van der Waals surface area contributed by atoms with Crippen LogP contribution in [0, 0.1) is 11.6 Å². The predicted octanol–water partition coefficient (Wildman–Crippen LogP) is 4.50. The number of nitrogens with one attached hydrogen (secondary N) is 1. The van der Waals surface area contributed by atoms with Crippen LogP contribution in [0.3, 0.4) is 0 Å². The van der Waals surface area contributed by atoms with Crippen LogP contribution in [-0.4, -0.2) is 35.3 Å². The molecule has 5 aromatic rings. The molecule has 1 amide bonds. The Morgan fingerprint density at radius 3 is 2.57 bits per heavy atom. The summed E-state index contributed by atoms with van der Waals surface area (Å²) in [6.07, 6.45) is -0.436. The zero-order chi connectivity index (χ0) is 24.5. The molecule has 35 heavy (non-hydrogen) atoms. The highest BCUT2D eigenvalue weighted by atomic mass is 19.3. The monoisotopic (exact) mass is 481 g/mol. The number of amides is 1. The Labute approximate surface area is 194 Å². The molecule has 0 unspecified atom stereocenters. The van der Waals surface area contributed by atoms with Crippen LogP contribution in [0.5, 0.6) is 0 Å². The zero-order valence-electron chi connectivity index (χ0n) is 17.7. The molecule has 0 aliphatic carbocycles. The topological polar surface area (TPSA) is 90.0 Å². The second kappa shape index (κ2) is 8.97. The molecule has 5 rings (SSSR count). The van der Waals surface area contributed by atoms with Gasteiger partial charge in [-0.05, 0) is 48.0 Å². The summed E-state index contributed by atoms with van der Waals surface area (Å²) in [5.74, 6) is -1.64. The molecular formula is C23H15F4N7O. The van der Waals surface area contributed by atoms with E-state index in [-0.39, 0.29) is 35.2 Å². The Kier molecular flexibility index (Phi) is 5.69. The van der Waals surface area contributed by atoms with Crippen LogP contribution >= 0.6 is 0 Å². The lowest BCUT2D eigenvalue weighted by Gasteiger charge is -2.08. The van der Waals surface area contributed by atoms with Crippen LogP contribution in [-0.2, 0) is 6.54 Å². The fourth-order valence-corrected chi connectivity index (χ4v) is 3.49. The van der Waals surface area contributed by atoms with Crippen LogP contribution in [0.4, 0.5) is 23.5 Å². The van der Waals surface area contributed by atoms with E-state index in [1.54, 1.807) is 12.1 Å². The van der Waals surface area contributed by atoms with Gasteiger partial charge in [0.15, 0.2) is 5.65 Å². The number of aromatic nitrogens is 6. The first kappa shape index (κ1) is 22.2. The van der Waals surface area contributed by atoms with Crippen molar-refractivity contribution in [2.24, 2.45) is 0 Å². The average molecular weight is 481 g/mol. The van der Waals surface area contributed by atoms with Crippen molar-refractivity contribution in [2.75, 3.05) is 5.32 Å². The van der Waals surface area contributed by atoms with E-state index in [0.717, 1.165) is 16.8 Å². The maximum absolute atomic E-state index is 13.7. The predicted molar refractivity (Wildman–Crippen MR) is 117 cm³/mol. The minimum atomic E-state index is -2.91. The summed E-state index contributed by atoms with van der Waals surface area (Å²) in [7, 11) is 0. The Morgan fingerprint density at radius 2 is 1.83 bits per heavy atom. The molecule has 1 N–H and O–H groups in total. The van der Waals surface area contributed by atoms with E-state index in [2.05, 4.69) is 25.5 Å². The number of hydrogen-bond donors (Lipinski definition) is 1. The Balaban J connectivity index is 1.44. The molecule has 0 aliphatic heterocycles. The molecule has 0 saturated heterocycles. The van der Waals surface area contributed by atoms with E-state index in [4.69, 9.17) is 0 Å². The van der Waals surface area contributed by atoms with Gasteiger partial charge in [0.2, 0.25) is 5.95 Å². The molecule has 0 fully saturated rings. The summed E-state index contributed by atoms with van der Waals surface area (Å²) >= 11 is 0. The molecule has 0 atom stereocenters. The van der Waals surface area contributed by atoms with Gasteiger partial charge in [-0.2, -0.15) is 5.10 Å². The van der Waals surface area contributed by atoms with E-state index in [0.29, 0.717) is 11.1 Å². The van der Waals surface area contributed by atoms with Crippen molar-refractivity contribution >= 4 is 17.5 Å². The minimum absolute atomic E-state index is 0.0467. The molecule has 0 bridgehead atoms. The van der Waals surface area contributed by atoms with Crippen LogP contribution in [0.25, 0.3) is 16.9 Å². The first-order valence-corrected chi connectivity index (χ1v) is 10.3. The van der Waals surface area contributed by atoms with Gasteiger partial charge < -0.3 is 0 Å². The quantitative estimate of drug-likeness (QED) is 0.361. The summed E-state index contributed by atoms with van der Waals surface area (Å²) < 4.78 is 56.4. The maximum atomic E-state index is 13.7. The molecule has 3 heterocycles. The summed E-state index contributed by atoms with van der Waals surface area (Å²) in [6, 6.07) is 12.2. The second-order valence-corrected chi connectivity index (χ2v) is 7.52. The van der Waals surface area contributed by atoms with Crippen LogP contribution < -0.4 is 5.32 Å². The molecule has 2 aromatic carbocycles. The lowest BCUT2D eigenvalue weighted by Crippen LogP contribution is -2.14. The Hall–Kier alpha value is -4.61. The molecular weight excluding hydrogens is 466 g/mol. The number of hydrogen-bond acceptors (Lipinski definition) is 5. The third-order valence-electron chi connectivity index (χ3n) is 5.10. The van der Waals surface area contributed by atoms with Crippen molar-refractivity contribution in [2.45, 2.75) is 13.0 Å². The number of carbonyl (C=O) groups excluding carboxylic acids is 1. The summed E-state index contributed by atoms with van der Waals surface area (Å²) in [6.45, 7) is 0.220.